The lowest BCUT2D eigenvalue weighted by Crippen LogP contribution is -2.30. The Labute approximate surface area is 134 Å². The number of benzene rings is 2. The van der Waals surface area contributed by atoms with E-state index in [-0.39, 0.29) is 6.04 Å². The molecule has 1 unspecified atom stereocenters. The summed E-state index contributed by atoms with van der Waals surface area (Å²) in [6, 6.07) is 19.4. The quantitative estimate of drug-likeness (QED) is 0.559. The largest absolute Gasteiger partial charge is 0.357 e. The van der Waals surface area contributed by atoms with Crippen LogP contribution in [-0.4, -0.2) is 16.5 Å². The average molecular weight is 299 g/mol. The summed E-state index contributed by atoms with van der Waals surface area (Å²) >= 11 is 0. The van der Waals surface area contributed by atoms with Gasteiger partial charge in [0.15, 0.2) is 0 Å². The number of hydrogen-bond acceptors (Lipinski definition) is 2. The molecule has 3 nitrogen and oxygen atoms in total. The molecule has 0 radical (unpaired) electrons. The van der Waals surface area contributed by atoms with Gasteiger partial charge in [0.2, 0.25) is 0 Å². The maximum atomic E-state index is 4.50. The summed E-state index contributed by atoms with van der Waals surface area (Å²) < 4.78 is 0. The van der Waals surface area contributed by atoms with Crippen molar-refractivity contribution in [2.24, 2.45) is 0 Å². The molecule has 1 aliphatic heterocycles. The van der Waals surface area contributed by atoms with Crippen molar-refractivity contribution >= 4 is 21.8 Å². The molecular formula is C20H17N3. The van der Waals surface area contributed by atoms with Crippen molar-refractivity contribution in [1.29, 1.82) is 0 Å². The molecule has 23 heavy (non-hydrogen) atoms. The molecule has 2 aromatic carbocycles. The normalized spacial score (nSPS) is 17.5. The van der Waals surface area contributed by atoms with E-state index in [1.807, 2.05) is 12.3 Å². The molecule has 4 aromatic rings. The van der Waals surface area contributed by atoms with Gasteiger partial charge in [0, 0.05) is 34.7 Å². The maximum Gasteiger partial charge on any atom is 0.0739 e. The molecule has 0 bridgehead atoms. The van der Waals surface area contributed by atoms with Crippen LogP contribution in [0.2, 0.25) is 0 Å². The van der Waals surface area contributed by atoms with Crippen molar-refractivity contribution in [1.82, 2.24) is 15.3 Å². The summed E-state index contributed by atoms with van der Waals surface area (Å²) in [5, 5.41) is 6.26. The highest BCUT2D eigenvalue weighted by Gasteiger charge is 2.26. The topological polar surface area (TPSA) is 40.7 Å². The smallest absolute Gasteiger partial charge is 0.0739 e. The Balaban J connectivity index is 1.76. The highest BCUT2D eigenvalue weighted by molar-refractivity contribution is 5.87. The van der Waals surface area contributed by atoms with Crippen LogP contribution in [0.15, 0.2) is 60.8 Å². The third-order valence-corrected chi connectivity index (χ3v) is 4.85. The van der Waals surface area contributed by atoms with Gasteiger partial charge in [-0.25, -0.2) is 0 Å². The number of aromatic nitrogens is 2. The van der Waals surface area contributed by atoms with Crippen LogP contribution in [0.3, 0.4) is 0 Å². The standard InChI is InChI=1S/C20H17N3/c1-2-8-18-14(5-1)16-10-12-22-19(20(16)23-18)15-6-3-9-17-13(15)7-4-11-21-17/h1-9,11,19,22-23H,10,12H2. The Morgan fingerprint density at radius 1 is 0.913 bits per heavy atom. The number of pyridine rings is 1. The predicted molar refractivity (Wildman–Crippen MR) is 93.6 cm³/mol. The van der Waals surface area contributed by atoms with Crippen molar-refractivity contribution in [3.63, 3.8) is 0 Å². The minimum absolute atomic E-state index is 0.194. The summed E-state index contributed by atoms with van der Waals surface area (Å²) in [4.78, 5) is 8.14. The maximum absolute atomic E-state index is 4.50. The first-order chi connectivity index (χ1) is 11.4. The zero-order valence-electron chi connectivity index (χ0n) is 12.7. The van der Waals surface area contributed by atoms with E-state index in [2.05, 4.69) is 63.8 Å². The second-order valence-corrected chi connectivity index (χ2v) is 6.12. The van der Waals surface area contributed by atoms with E-state index in [9.17, 15) is 0 Å². The van der Waals surface area contributed by atoms with Gasteiger partial charge in [0.05, 0.1) is 11.6 Å². The van der Waals surface area contributed by atoms with Crippen molar-refractivity contribution < 1.29 is 0 Å². The van der Waals surface area contributed by atoms with Crippen LogP contribution in [0.5, 0.6) is 0 Å². The number of nitrogens with one attached hydrogen (secondary N) is 2. The van der Waals surface area contributed by atoms with Crippen LogP contribution in [-0.2, 0) is 6.42 Å². The summed E-state index contributed by atoms with van der Waals surface area (Å²) in [6.07, 6.45) is 2.92. The van der Waals surface area contributed by atoms with Crippen LogP contribution < -0.4 is 5.32 Å². The molecule has 0 saturated carbocycles. The minimum Gasteiger partial charge on any atom is -0.357 e. The van der Waals surface area contributed by atoms with E-state index in [0.29, 0.717) is 0 Å². The molecule has 1 atom stereocenters. The van der Waals surface area contributed by atoms with Crippen LogP contribution in [0.1, 0.15) is 22.9 Å². The Kier molecular flexibility index (Phi) is 2.76. The monoisotopic (exact) mass is 299 g/mol. The number of fused-ring (bicyclic) bond motifs is 4. The van der Waals surface area contributed by atoms with Gasteiger partial charge in [-0.05, 0) is 35.7 Å². The fraction of sp³-hybridized carbons (Fsp3) is 0.150. The van der Waals surface area contributed by atoms with Crippen molar-refractivity contribution in [2.45, 2.75) is 12.5 Å². The van der Waals surface area contributed by atoms with Gasteiger partial charge < -0.3 is 10.3 Å². The molecule has 2 N–H and O–H groups in total. The summed E-state index contributed by atoms with van der Waals surface area (Å²) in [5.74, 6) is 0. The molecule has 2 aromatic heterocycles. The number of H-pyrrole nitrogens is 1. The zero-order chi connectivity index (χ0) is 15.2. The molecule has 0 fully saturated rings. The minimum atomic E-state index is 0.194. The van der Waals surface area contributed by atoms with Gasteiger partial charge in [0.25, 0.3) is 0 Å². The Morgan fingerprint density at radius 2 is 1.83 bits per heavy atom. The van der Waals surface area contributed by atoms with E-state index >= 15 is 0 Å². The van der Waals surface area contributed by atoms with Crippen molar-refractivity contribution in [2.75, 3.05) is 6.54 Å². The summed E-state index contributed by atoms with van der Waals surface area (Å²) in [7, 11) is 0. The van der Waals surface area contributed by atoms with Crippen molar-refractivity contribution in [3.05, 3.63) is 77.6 Å². The third-order valence-electron chi connectivity index (χ3n) is 4.85. The molecule has 3 heterocycles. The molecule has 3 heteroatoms. The van der Waals surface area contributed by atoms with Crippen LogP contribution in [0.25, 0.3) is 21.8 Å². The number of hydrogen-bond donors (Lipinski definition) is 2. The number of nitrogens with zero attached hydrogens (tertiary/aromatic N) is 1. The molecule has 5 rings (SSSR count). The van der Waals surface area contributed by atoms with Gasteiger partial charge in [-0.3, -0.25) is 4.98 Å². The molecule has 112 valence electrons. The Hall–Kier alpha value is -2.65. The summed E-state index contributed by atoms with van der Waals surface area (Å²) in [5.41, 5.74) is 6.32. The van der Waals surface area contributed by atoms with Gasteiger partial charge in [-0.2, -0.15) is 0 Å². The lowest BCUT2D eigenvalue weighted by Gasteiger charge is -2.25. The first-order valence-electron chi connectivity index (χ1n) is 8.08. The van der Waals surface area contributed by atoms with E-state index < -0.39 is 0 Å². The fourth-order valence-electron chi connectivity index (χ4n) is 3.82. The second-order valence-electron chi connectivity index (χ2n) is 6.12. The first kappa shape index (κ1) is 12.9. The summed E-state index contributed by atoms with van der Waals surface area (Å²) in [6.45, 7) is 0.996. The van der Waals surface area contributed by atoms with Gasteiger partial charge in [-0.15, -0.1) is 0 Å². The van der Waals surface area contributed by atoms with E-state index in [1.54, 1.807) is 0 Å². The Morgan fingerprint density at radius 3 is 2.83 bits per heavy atom. The lowest BCUT2D eigenvalue weighted by molar-refractivity contribution is 0.563. The van der Waals surface area contributed by atoms with Gasteiger partial charge in [-0.1, -0.05) is 36.4 Å². The SMILES string of the molecule is c1cc(C2NCCc3c2[nH]c2ccccc32)c2cccnc2c1. The highest BCUT2D eigenvalue weighted by Crippen LogP contribution is 2.35. The van der Waals surface area contributed by atoms with E-state index in [1.165, 1.54) is 33.1 Å². The molecule has 1 aliphatic rings. The molecule has 0 saturated heterocycles. The van der Waals surface area contributed by atoms with Gasteiger partial charge >= 0.3 is 0 Å². The number of rotatable bonds is 1. The van der Waals surface area contributed by atoms with Gasteiger partial charge in [0.1, 0.15) is 0 Å². The highest BCUT2D eigenvalue weighted by atomic mass is 15.0. The molecule has 0 aliphatic carbocycles. The average Bonchev–Trinajstić information content (AvgIpc) is 3.00. The first-order valence-corrected chi connectivity index (χ1v) is 8.08. The fourth-order valence-corrected chi connectivity index (χ4v) is 3.82. The van der Waals surface area contributed by atoms with Crippen LogP contribution >= 0.6 is 0 Å². The Bertz CT molecular complexity index is 1010. The van der Waals surface area contributed by atoms with Crippen LogP contribution in [0, 0.1) is 0 Å². The molecule has 0 spiro atoms. The molecule has 0 amide bonds. The zero-order valence-corrected chi connectivity index (χ0v) is 12.7. The number of para-hydroxylation sites is 1. The third kappa shape index (κ3) is 1.90. The lowest BCUT2D eigenvalue weighted by atomic mass is 9.92. The molecular weight excluding hydrogens is 282 g/mol. The van der Waals surface area contributed by atoms with Crippen LogP contribution in [0.4, 0.5) is 0 Å². The second kappa shape index (κ2) is 4.93. The number of aromatic amines is 1. The van der Waals surface area contributed by atoms with Crippen molar-refractivity contribution in [3.8, 4) is 0 Å². The predicted octanol–water partition coefficient (Wildman–Crippen LogP) is 3.95. The van der Waals surface area contributed by atoms with E-state index in [0.717, 1.165) is 18.5 Å². The van der Waals surface area contributed by atoms with E-state index in [4.69, 9.17) is 0 Å².